The van der Waals surface area contributed by atoms with Crippen LogP contribution in [-0.2, 0) is 20.4 Å². The monoisotopic (exact) mass is 457 g/mol. The fourth-order valence-corrected chi connectivity index (χ4v) is 3.73. The minimum atomic E-state index is -4.50. The first-order chi connectivity index (χ1) is 15.1. The van der Waals surface area contributed by atoms with Crippen LogP contribution in [0, 0.1) is 0 Å². The Labute approximate surface area is 180 Å². The number of amides is 1. The van der Waals surface area contributed by atoms with Crippen LogP contribution in [0.1, 0.15) is 40.2 Å². The number of piperidine rings is 1. The van der Waals surface area contributed by atoms with Gasteiger partial charge in [-0.3, -0.25) is 4.79 Å². The summed E-state index contributed by atoms with van der Waals surface area (Å²) in [5.41, 5.74) is 0.151. The molecule has 0 saturated carbocycles. The number of carbonyl (C=O) groups is 2. The first kappa shape index (κ1) is 23.6. The highest BCUT2D eigenvalue weighted by Crippen LogP contribution is 2.36. The molecular weight excluding hydrogens is 437 g/mol. The molecule has 0 radical (unpaired) electrons. The Hall–Kier alpha value is -3.01. The van der Waals surface area contributed by atoms with Crippen molar-refractivity contribution in [1.29, 1.82) is 0 Å². The number of methoxy groups -OCH3 is 1. The van der Waals surface area contributed by atoms with E-state index in [1.165, 1.54) is 48.4 Å². The molecule has 0 aliphatic carbocycles. The molecule has 10 heteroatoms. The normalized spacial score (nSPS) is 19.3. The molecule has 172 valence electrons. The van der Waals surface area contributed by atoms with Gasteiger partial charge in [0.2, 0.25) is 5.91 Å². The molecular formula is C22H20F5NO4. The van der Waals surface area contributed by atoms with Gasteiger partial charge in [0, 0.05) is 5.69 Å². The lowest BCUT2D eigenvalue weighted by Crippen LogP contribution is -2.49. The highest BCUT2D eigenvalue weighted by molar-refractivity contribution is 6.00. The van der Waals surface area contributed by atoms with Gasteiger partial charge in [-0.25, -0.2) is 4.79 Å². The number of nitrogens with zero attached hydrogens (tertiary/aromatic N) is 1. The second kappa shape index (κ2) is 9.64. The average molecular weight is 457 g/mol. The van der Waals surface area contributed by atoms with E-state index in [4.69, 9.17) is 0 Å². The Morgan fingerprint density at radius 2 is 1.69 bits per heavy atom. The number of rotatable bonds is 6. The molecule has 1 heterocycles. The van der Waals surface area contributed by atoms with Gasteiger partial charge in [0.15, 0.2) is 0 Å². The number of halogens is 5. The molecule has 1 aliphatic heterocycles. The minimum Gasteiger partial charge on any atom is -0.465 e. The van der Waals surface area contributed by atoms with E-state index < -0.39 is 48.8 Å². The summed E-state index contributed by atoms with van der Waals surface area (Å²) in [7, 11) is 1.22. The number of anilines is 1. The molecule has 1 fully saturated rings. The van der Waals surface area contributed by atoms with Crippen LogP contribution < -0.4 is 4.90 Å². The summed E-state index contributed by atoms with van der Waals surface area (Å²) < 4.78 is 72.8. The third-order valence-corrected chi connectivity index (χ3v) is 5.31. The van der Waals surface area contributed by atoms with Crippen LogP contribution in [0.25, 0.3) is 0 Å². The van der Waals surface area contributed by atoms with Crippen LogP contribution >= 0.6 is 0 Å². The molecule has 0 bridgehead atoms. The third kappa shape index (κ3) is 5.24. The zero-order chi connectivity index (χ0) is 23.5. The van der Waals surface area contributed by atoms with Crippen molar-refractivity contribution < 1.29 is 41.0 Å². The summed E-state index contributed by atoms with van der Waals surface area (Å²) in [6.07, 6.45) is -3.94. The van der Waals surface area contributed by atoms with Crippen molar-refractivity contribution >= 4 is 17.6 Å². The lowest BCUT2D eigenvalue weighted by atomic mass is 9.86. The van der Waals surface area contributed by atoms with Gasteiger partial charge in [-0.05, 0) is 54.8 Å². The molecule has 2 aromatic carbocycles. The average Bonchev–Trinajstić information content (AvgIpc) is 2.77. The van der Waals surface area contributed by atoms with Gasteiger partial charge in [0.1, 0.15) is 0 Å². The first-order valence-electron chi connectivity index (χ1n) is 9.70. The van der Waals surface area contributed by atoms with E-state index in [0.29, 0.717) is 17.7 Å². The molecule has 0 N–H and O–H groups in total. The van der Waals surface area contributed by atoms with Crippen LogP contribution in [0.2, 0.25) is 0 Å². The van der Waals surface area contributed by atoms with E-state index in [0.717, 1.165) is 12.1 Å². The van der Waals surface area contributed by atoms with Gasteiger partial charge in [0.05, 0.1) is 36.8 Å². The fraction of sp³-hybridized carbons (Fsp3) is 0.364. The van der Waals surface area contributed by atoms with Gasteiger partial charge in [-0.15, -0.1) is 0 Å². The van der Waals surface area contributed by atoms with Crippen molar-refractivity contribution in [3.05, 3.63) is 65.2 Å². The molecule has 3 rings (SSSR count). The van der Waals surface area contributed by atoms with E-state index in [1.807, 2.05) is 0 Å². The molecule has 1 amide bonds. The summed E-state index contributed by atoms with van der Waals surface area (Å²) in [6, 6.07) is 9.44. The topological polar surface area (TPSA) is 55.8 Å². The van der Waals surface area contributed by atoms with Gasteiger partial charge in [-0.2, -0.15) is 22.0 Å². The number of benzene rings is 2. The molecule has 2 unspecified atom stereocenters. The summed E-state index contributed by atoms with van der Waals surface area (Å²) in [5, 5.41) is 0. The molecule has 0 spiro atoms. The van der Waals surface area contributed by atoms with E-state index in [1.54, 1.807) is 0 Å². The summed E-state index contributed by atoms with van der Waals surface area (Å²) in [6.45, 7) is -3.43. The number of alkyl halides is 5. The van der Waals surface area contributed by atoms with Crippen molar-refractivity contribution in [3.63, 3.8) is 0 Å². The van der Waals surface area contributed by atoms with Gasteiger partial charge >= 0.3 is 18.8 Å². The van der Waals surface area contributed by atoms with Crippen LogP contribution in [-0.4, -0.2) is 38.2 Å². The molecule has 0 aromatic heterocycles. The largest absolute Gasteiger partial charge is 0.465 e. The smallest absolute Gasteiger partial charge is 0.416 e. The Morgan fingerprint density at radius 1 is 1.06 bits per heavy atom. The lowest BCUT2D eigenvalue weighted by Gasteiger charge is -2.39. The summed E-state index contributed by atoms with van der Waals surface area (Å²) in [5.74, 6) is -1.79. The predicted octanol–water partition coefficient (Wildman–Crippen LogP) is 5.01. The zero-order valence-electron chi connectivity index (χ0n) is 16.9. The second-order valence-electron chi connectivity index (χ2n) is 7.24. The van der Waals surface area contributed by atoms with Crippen molar-refractivity contribution in [2.24, 2.45) is 0 Å². The number of hydrogen-bond donors (Lipinski definition) is 0. The van der Waals surface area contributed by atoms with Crippen LogP contribution in [0.4, 0.5) is 27.6 Å². The highest BCUT2D eigenvalue weighted by Gasteiger charge is 2.38. The molecule has 2 aromatic rings. The van der Waals surface area contributed by atoms with Crippen molar-refractivity contribution in [2.45, 2.75) is 37.6 Å². The maximum atomic E-state index is 13.3. The SMILES string of the molecule is COC(=O)c1ccc(N2C(=O)C(c3ccc(C(F)(F)F)cc3)CCC2COC(F)F)cc1. The number of esters is 1. The van der Waals surface area contributed by atoms with E-state index >= 15 is 0 Å². The third-order valence-electron chi connectivity index (χ3n) is 5.31. The predicted molar refractivity (Wildman–Crippen MR) is 104 cm³/mol. The number of carbonyl (C=O) groups excluding carboxylic acids is 2. The van der Waals surface area contributed by atoms with Gasteiger partial charge in [0.25, 0.3) is 0 Å². The Balaban J connectivity index is 1.90. The standard InChI is InChI=1S/C22H20F5NO4/c1-31-20(30)14-4-8-16(9-5-14)28-17(12-32-21(23)24)10-11-18(19(28)29)13-2-6-15(7-3-13)22(25,26)27/h2-9,17-18,21H,10-12H2,1H3. The van der Waals surface area contributed by atoms with Crippen LogP contribution in [0.15, 0.2) is 48.5 Å². The summed E-state index contributed by atoms with van der Waals surface area (Å²) in [4.78, 5) is 26.3. The maximum Gasteiger partial charge on any atom is 0.416 e. The van der Waals surface area contributed by atoms with Gasteiger partial charge in [-0.1, -0.05) is 12.1 Å². The molecule has 5 nitrogen and oxygen atoms in total. The van der Waals surface area contributed by atoms with Crippen LogP contribution in [0.5, 0.6) is 0 Å². The minimum absolute atomic E-state index is 0.236. The second-order valence-corrected chi connectivity index (χ2v) is 7.24. The zero-order valence-corrected chi connectivity index (χ0v) is 16.9. The number of ether oxygens (including phenoxy) is 2. The first-order valence-corrected chi connectivity index (χ1v) is 9.70. The van der Waals surface area contributed by atoms with Crippen LogP contribution in [0.3, 0.4) is 0 Å². The van der Waals surface area contributed by atoms with E-state index in [9.17, 15) is 31.5 Å². The highest BCUT2D eigenvalue weighted by atomic mass is 19.4. The molecule has 1 aliphatic rings. The summed E-state index contributed by atoms with van der Waals surface area (Å²) >= 11 is 0. The lowest BCUT2D eigenvalue weighted by molar-refractivity contribution is -0.138. The fourth-order valence-electron chi connectivity index (χ4n) is 3.73. The maximum absolute atomic E-state index is 13.3. The Kier molecular flexibility index (Phi) is 7.12. The quantitative estimate of drug-likeness (QED) is 0.452. The number of hydrogen-bond acceptors (Lipinski definition) is 4. The van der Waals surface area contributed by atoms with E-state index in [-0.39, 0.29) is 12.0 Å². The molecule has 2 atom stereocenters. The van der Waals surface area contributed by atoms with Crippen molar-refractivity contribution in [2.75, 3.05) is 18.6 Å². The Morgan fingerprint density at radius 3 is 2.22 bits per heavy atom. The molecule has 1 saturated heterocycles. The van der Waals surface area contributed by atoms with E-state index in [2.05, 4.69) is 9.47 Å². The van der Waals surface area contributed by atoms with Crippen molar-refractivity contribution in [3.8, 4) is 0 Å². The Bertz CT molecular complexity index is 944. The van der Waals surface area contributed by atoms with Crippen molar-refractivity contribution in [1.82, 2.24) is 0 Å². The van der Waals surface area contributed by atoms with Gasteiger partial charge < -0.3 is 14.4 Å². The molecule has 32 heavy (non-hydrogen) atoms.